The number of hydrogen-bond donors (Lipinski definition) is 1. The summed E-state index contributed by atoms with van der Waals surface area (Å²) in [5.74, 6) is 0.908. The first-order valence-corrected chi connectivity index (χ1v) is 9.63. The van der Waals surface area contributed by atoms with Crippen LogP contribution in [0.4, 0.5) is 4.79 Å². The van der Waals surface area contributed by atoms with Gasteiger partial charge in [0.05, 0.1) is 11.0 Å². The number of rotatable bonds is 8. The van der Waals surface area contributed by atoms with E-state index in [-0.39, 0.29) is 13.2 Å². The fraction of sp³-hybridized carbons (Fsp3) is 0.333. The van der Waals surface area contributed by atoms with Gasteiger partial charge in [0.1, 0.15) is 18.8 Å². The third kappa shape index (κ3) is 6.88. The molecule has 0 spiro atoms. The molecule has 1 amide bonds. The Labute approximate surface area is 173 Å². The van der Waals surface area contributed by atoms with Gasteiger partial charge in [0.2, 0.25) is 0 Å². The zero-order valence-electron chi connectivity index (χ0n) is 16.2. The van der Waals surface area contributed by atoms with Crippen molar-refractivity contribution in [3.8, 4) is 11.5 Å². The Morgan fingerprint density at radius 2 is 1.82 bits per heavy atom. The molecule has 0 bridgehead atoms. The van der Waals surface area contributed by atoms with Crippen molar-refractivity contribution in [2.75, 3.05) is 13.2 Å². The van der Waals surface area contributed by atoms with Gasteiger partial charge in [-0.2, -0.15) is 0 Å². The fourth-order valence-corrected chi connectivity index (χ4v) is 2.78. The Kier molecular flexibility index (Phi) is 7.87. The molecule has 2 aromatic rings. The lowest BCUT2D eigenvalue weighted by Crippen LogP contribution is -2.34. The number of benzene rings is 2. The van der Waals surface area contributed by atoms with E-state index in [0.29, 0.717) is 28.1 Å². The van der Waals surface area contributed by atoms with Gasteiger partial charge in [0.25, 0.3) is 0 Å². The van der Waals surface area contributed by atoms with Crippen molar-refractivity contribution in [1.82, 2.24) is 5.32 Å². The van der Waals surface area contributed by atoms with Gasteiger partial charge < -0.3 is 19.5 Å². The van der Waals surface area contributed by atoms with Crippen LogP contribution in [0, 0.1) is 0 Å². The van der Waals surface area contributed by atoms with Gasteiger partial charge in [0, 0.05) is 5.56 Å². The average molecular weight is 450 g/mol. The summed E-state index contributed by atoms with van der Waals surface area (Å²) >= 11 is 3.39. The Morgan fingerprint density at radius 1 is 1.11 bits per heavy atom. The van der Waals surface area contributed by atoms with E-state index >= 15 is 0 Å². The second-order valence-electron chi connectivity index (χ2n) is 6.97. The molecule has 2 rings (SSSR count). The molecular formula is C21H24BrNO5. The van der Waals surface area contributed by atoms with Crippen LogP contribution in [0.1, 0.15) is 36.7 Å². The summed E-state index contributed by atoms with van der Waals surface area (Å²) in [4.78, 5) is 22.9. The number of carbonyl (C=O) groups is 2. The number of aldehydes is 1. The Bertz CT molecular complexity index is 802. The summed E-state index contributed by atoms with van der Waals surface area (Å²) in [6, 6.07) is 13.1. The molecule has 0 aliphatic carbocycles. The minimum absolute atomic E-state index is 0.182. The maximum Gasteiger partial charge on any atom is 0.407 e. The molecule has 0 saturated heterocycles. The second-order valence-corrected chi connectivity index (χ2v) is 7.76. The summed E-state index contributed by atoms with van der Waals surface area (Å²) in [5, 5.41) is 2.62. The third-order valence-corrected chi connectivity index (χ3v) is 4.29. The van der Waals surface area contributed by atoms with E-state index in [1.54, 1.807) is 32.9 Å². The van der Waals surface area contributed by atoms with Crippen molar-refractivity contribution in [3.63, 3.8) is 0 Å². The number of amides is 1. The number of ether oxygens (including phenoxy) is 3. The SMILES string of the molecule is CC(C)(C)OC(=O)NCCOc1c(OCc2ccccc2)ccc(C=O)c1Br. The number of alkyl carbamates (subject to hydrolysis) is 1. The van der Waals surface area contributed by atoms with Crippen LogP contribution in [-0.4, -0.2) is 31.1 Å². The third-order valence-electron chi connectivity index (χ3n) is 3.47. The van der Waals surface area contributed by atoms with Gasteiger partial charge in [-0.15, -0.1) is 0 Å². The van der Waals surface area contributed by atoms with Gasteiger partial charge in [0.15, 0.2) is 17.8 Å². The molecule has 0 unspecified atom stereocenters. The molecule has 0 radical (unpaired) electrons. The van der Waals surface area contributed by atoms with E-state index in [4.69, 9.17) is 14.2 Å². The van der Waals surface area contributed by atoms with Gasteiger partial charge in [-0.1, -0.05) is 30.3 Å². The first-order chi connectivity index (χ1) is 13.3. The lowest BCUT2D eigenvalue weighted by molar-refractivity contribution is 0.0520. The lowest BCUT2D eigenvalue weighted by Gasteiger charge is -2.20. The van der Waals surface area contributed by atoms with Crippen LogP contribution in [0.2, 0.25) is 0 Å². The molecule has 0 atom stereocenters. The Balaban J connectivity index is 2.00. The molecule has 150 valence electrons. The Hall–Kier alpha value is -2.54. The van der Waals surface area contributed by atoms with Gasteiger partial charge >= 0.3 is 6.09 Å². The molecule has 7 heteroatoms. The highest BCUT2D eigenvalue weighted by molar-refractivity contribution is 9.10. The second kappa shape index (κ2) is 10.1. The van der Waals surface area contributed by atoms with Crippen molar-refractivity contribution in [3.05, 3.63) is 58.1 Å². The van der Waals surface area contributed by atoms with E-state index in [1.165, 1.54) is 0 Å². The fourth-order valence-electron chi connectivity index (χ4n) is 2.25. The zero-order valence-corrected chi connectivity index (χ0v) is 17.7. The summed E-state index contributed by atoms with van der Waals surface area (Å²) in [5.41, 5.74) is 0.892. The molecule has 0 fully saturated rings. The Morgan fingerprint density at radius 3 is 2.46 bits per heavy atom. The van der Waals surface area contributed by atoms with Crippen LogP contribution in [0.5, 0.6) is 11.5 Å². The molecule has 0 heterocycles. The standard InChI is InChI=1S/C21H24BrNO5/c1-21(2,3)28-20(25)23-11-12-26-19-17(10-9-16(13-24)18(19)22)27-14-15-7-5-4-6-8-15/h4-10,13H,11-12,14H2,1-3H3,(H,23,25). The van der Waals surface area contributed by atoms with Gasteiger partial charge in [-0.3, -0.25) is 4.79 Å². The molecule has 0 aliphatic rings. The van der Waals surface area contributed by atoms with E-state index in [1.807, 2.05) is 30.3 Å². The average Bonchev–Trinajstić information content (AvgIpc) is 2.64. The number of hydrogen-bond acceptors (Lipinski definition) is 5. The largest absolute Gasteiger partial charge is 0.487 e. The molecule has 0 aliphatic heterocycles. The van der Waals surface area contributed by atoms with Crippen molar-refractivity contribution in [2.45, 2.75) is 33.0 Å². The summed E-state index contributed by atoms with van der Waals surface area (Å²) in [6.45, 7) is 6.16. The lowest BCUT2D eigenvalue weighted by atomic mass is 10.2. The molecular weight excluding hydrogens is 426 g/mol. The van der Waals surface area contributed by atoms with E-state index in [2.05, 4.69) is 21.2 Å². The quantitative estimate of drug-likeness (QED) is 0.465. The van der Waals surface area contributed by atoms with Crippen LogP contribution in [0.3, 0.4) is 0 Å². The molecule has 0 aromatic heterocycles. The van der Waals surface area contributed by atoms with Crippen LogP contribution in [-0.2, 0) is 11.3 Å². The first kappa shape index (κ1) is 21.8. The highest BCUT2D eigenvalue weighted by Gasteiger charge is 2.17. The highest BCUT2D eigenvalue weighted by atomic mass is 79.9. The van der Waals surface area contributed by atoms with Crippen LogP contribution in [0.25, 0.3) is 0 Å². The zero-order chi connectivity index (χ0) is 20.6. The van der Waals surface area contributed by atoms with E-state index in [9.17, 15) is 9.59 Å². The molecule has 6 nitrogen and oxygen atoms in total. The van der Waals surface area contributed by atoms with Crippen LogP contribution < -0.4 is 14.8 Å². The number of halogens is 1. The van der Waals surface area contributed by atoms with Crippen LogP contribution in [0.15, 0.2) is 46.9 Å². The highest BCUT2D eigenvalue weighted by Crippen LogP contribution is 2.37. The summed E-state index contributed by atoms with van der Waals surface area (Å²) in [6.07, 6.45) is 0.217. The minimum Gasteiger partial charge on any atom is -0.487 e. The first-order valence-electron chi connectivity index (χ1n) is 8.84. The van der Waals surface area contributed by atoms with Crippen LogP contribution >= 0.6 is 15.9 Å². The number of nitrogens with one attached hydrogen (secondary N) is 1. The predicted octanol–water partition coefficient (Wildman–Crippen LogP) is 4.74. The smallest absolute Gasteiger partial charge is 0.407 e. The molecule has 2 aromatic carbocycles. The minimum atomic E-state index is -0.565. The van der Waals surface area contributed by atoms with Crippen molar-refractivity contribution >= 4 is 28.3 Å². The van der Waals surface area contributed by atoms with Crippen molar-refractivity contribution in [1.29, 1.82) is 0 Å². The normalized spacial score (nSPS) is 10.9. The summed E-state index contributed by atoms with van der Waals surface area (Å²) in [7, 11) is 0. The maximum absolute atomic E-state index is 11.7. The summed E-state index contributed by atoms with van der Waals surface area (Å²) < 4.78 is 17.3. The molecule has 28 heavy (non-hydrogen) atoms. The number of carbonyl (C=O) groups excluding carboxylic acids is 2. The van der Waals surface area contributed by atoms with Gasteiger partial charge in [-0.05, 0) is 54.4 Å². The monoisotopic (exact) mass is 449 g/mol. The van der Waals surface area contributed by atoms with Gasteiger partial charge in [-0.25, -0.2) is 4.79 Å². The predicted molar refractivity (Wildman–Crippen MR) is 110 cm³/mol. The molecule has 1 N–H and O–H groups in total. The van der Waals surface area contributed by atoms with E-state index < -0.39 is 11.7 Å². The van der Waals surface area contributed by atoms with Crippen molar-refractivity contribution in [2.24, 2.45) is 0 Å². The molecule has 0 saturated carbocycles. The maximum atomic E-state index is 11.7. The van der Waals surface area contributed by atoms with Crippen molar-refractivity contribution < 1.29 is 23.8 Å². The van der Waals surface area contributed by atoms with E-state index in [0.717, 1.165) is 11.8 Å². The topological polar surface area (TPSA) is 73.9 Å².